The predicted molar refractivity (Wildman–Crippen MR) is 43.7 cm³/mol. The second-order valence-electron chi connectivity index (χ2n) is 3.17. The van der Waals surface area contributed by atoms with E-state index in [0.29, 0.717) is 18.8 Å². The maximum absolute atomic E-state index is 12.2. The van der Waals surface area contributed by atoms with Crippen molar-refractivity contribution in [3.8, 4) is 0 Å². The van der Waals surface area contributed by atoms with Gasteiger partial charge in [0.1, 0.15) is 0 Å². The molecule has 2 nitrogen and oxygen atoms in total. The van der Waals surface area contributed by atoms with Crippen LogP contribution >= 0.6 is 0 Å². The first kappa shape index (κ1) is 9.42. The van der Waals surface area contributed by atoms with Crippen molar-refractivity contribution < 1.29 is 8.78 Å². The molecular weight excluding hydrogens is 162 g/mol. The summed E-state index contributed by atoms with van der Waals surface area (Å²) in [5.41, 5.74) is 0. The van der Waals surface area contributed by atoms with Crippen molar-refractivity contribution in [1.82, 2.24) is 4.90 Å². The van der Waals surface area contributed by atoms with Gasteiger partial charge in [-0.05, 0) is 19.8 Å². The summed E-state index contributed by atoms with van der Waals surface area (Å²) >= 11 is 0. The van der Waals surface area contributed by atoms with Crippen LogP contribution in [0.25, 0.3) is 0 Å². The van der Waals surface area contributed by atoms with Crippen molar-refractivity contribution in [3.63, 3.8) is 0 Å². The summed E-state index contributed by atoms with van der Waals surface area (Å²) in [5, 5.41) is 7.46. The van der Waals surface area contributed by atoms with Crippen molar-refractivity contribution in [2.24, 2.45) is 0 Å². The summed E-state index contributed by atoms with van der Waals surface area (Å²) in [6.45, 7) is 2.09. The van der Waals surface area contributed by atoms with E-state index in [9.17, 15) is 8.78 Å². The molecule has 0 aliphatic carbocycles. The summed E-state index contributed by atoms with van der Waals surface area (Å²) in [6, 6.07) is -0.794. The maximum Gasteiger partial charge on any atom is 0.258 e. The Hall–Kier alpha value is -0.670. The predicted octanol–water partition coefficient (Wildman–Crippen LogP) is 2.10. The van der Waals surface area contributed by atoms with E-state index in [1.165, 1.54) is 11.8 Å². The molecule has 1 aliphatic rings. The average Bonchev–Trinajstić information content (AvgIpc) is 2.04. The minimum atomic E-state index is -2.34. The highest BCUT2D eigenvalue weighted by molar-refractivity contribution is 5.80. The number of rotatable bonds is 2. The van der Waals surface area contributed by atoms with Gasteiger partial charge in [-0.3, -0.25) is 5.41 Å². The van der Waals surface area contributed by atoms with Gasteiger partial charge in [0.2, 0.25) is 0 Å². The van der Waals surface area contributed by atoms with Crippen LogP contribution in [0.2, 0.25) is 0 Å². The number of alkyl halides is 2. The van der Waals surface area contributed by atoms with Gasteiger partial charge in [0.15, 0.2) is 0 Å². The number of amidine groups is 1. The van der Waals surface area contributed by atoms with Gasteiger partial charge in [-0.2, -0.15) is 0 Å². The molecule has 1 unspecified atom stereocenters. The molecule has 0 bridgehead atoms. The first-order valence-electron chi connectivity index (χ1n) is 4.25. The lowest BCUT2D eigenvalue weighted by Gasteiger charge is -2.34. The molecule has 1 heterocycles. The summed E-state index contributed by atoms with van der Waals surface area (Å²) in [7, 11) is 0. The molecule has 1 N–H and O–H groups in total. The standard InChI is InChI=1S/C8H14F2N2/c1-6(8(9)10)12-5-3-2-4-7(12)11/h6,8,11H,2-5H2,1H3. The van der Waals surface area contributed by atoms with Crippen LogP contribution in [-0.4, -0.2) is 29.7 Å². The number of likely N-dealkylation sites (tertiary alicyclic amines) is 1. The van der Waals surface area contributed by atoms with E-state index in [-0.39, 0.29) is 0 Å². The molecule has 1 saturated heterocycles. The fraction of sp³-hybridized carbons (Fsp3) is 0.875. The van der Waals surface area contributed by atoms with E-state index < -0.39 is 12.5 Å². The Morgan fingerprint density at radius 1 is 1.42 bits per heavy atom. The Morgan fingerprint density at radius 2 is 2.08 bits per heavy atom. The Morgan fingerprint density at radius 3 is 2.58 bits per heavy atom. The number of piperidine rings is 1. The van der Waals surface area contributed by atoms with Crippen LogP contribution < -0.4 is 0 Å². The molecule has 4 heteroatoms. The van der Waals surface area contributed by atoms with Gasteiger partial charge in [0.25, 0.3) is 6.43 Å². The Bertz CT molecular complexity index is 170. The zero-order chi connectivity index (χ0) is 9.14. The lowest BCUT2D eigenvalue weighted by Crippen LogP contribution is -2.44. The highest BCUT2D eigenvalue weighted by atomic mass is 19.3. The fourth-order valence-corrected chi connectivity index (χ4v) is 1.44. The number of nitrogens with zero attached hydrogens (tertiary/aromatic N) is 1. The van der Waals surface area contributed by atoms with Crippen molar-refractivity contribution in [2.75, 3.05) is 6.54 Å². The molecule has 12 heavy (non-hydrogen) atoms. The highest BCUT2D eigenvalue weighted by Crippen LogP contribution is 2.17. The van der Waals surface area contributed by atoms with Crippen LogP contribution in [0.3, 0.4) is 0 Å². The Labute approximate surface area is 71.1 Å². The van der Waals surface area contributed by atoms with Gasteiger partial charge >= 0.3 is 0 Å². The van der Waals surface area contributed by atoms with E-state index >= 15 is 0 Å². The van der Waals surface area contributed by atoms with Crippen molar-refractivity contribution in [3.05, 3.63) is 0 Å². The third kappa shape index (κ3) is 1.93. The molecule has 0 amide bonds. The smallest absolute Gasteiger partial charge is 0.258 e. The third-order valence-electron chi connectivity index (χ3n) is 2.27. The normalized spacial score (nSPS) is 21.7. The molecule has 1 fully saturated rings. The first-order valence-corrected chi connectivity index (χ1v) is 4.25. The summed E-state index contributed by atoms with van der Waals surface area (Å²) in [4.78, 5) is 1.51. The number of halogens is 2. The Balaban J connectivity index is 2.53. The zero-order valence-corrected chi connectivity index (χ0v) is 7.19. The van der Waals surface area contributed by atoms with Crippen LogP contribution in [0.15, 0.2) is 0 Å². The molecule has 70 valence electrons. The lowest BCUT2D eigenvalue weighted by molar-refractivity contribution is 0.0614. The summed E-state index contributed by atoms with van der Waals surface area (Å²) in [5.74, 6) is 0.369. The van der Waals surface area contributed by atoms with Gasteiger partial charge in [0.05, 0.1) is 11.9 Å². The van der Waals surface area contributed by atoms with Gasteiger partial charge in [-0.15, -0.1) is 0 Å². The van der Waals surface area contributed by atoms with E-state index in [1.807, 2.05) is 0 Å². The summed E-state index contributed by atoms with van der Waals surface area (Å²) in [6.07, 6.45) is 0.199. The number of hydrogen-bond acceptors (Lipinski definition) is 1. The highest BCUT2D eigenvalue weighted by Gasteiger charge is 2.26. The molecule has 1 aliphatic heterocycles. The van der Waals surface area contributed by atoms with Crippen molar-refractivity contribution in [1.29, 1.82) is 5.41 Å². The van der Waals surface area contributed by atoms with Crippen LogP contribution in [0.1, 0.15) is 26.2 Å². The molecule has 0 aromatic carbocycles. The largest absolute Gasteiger partial charge is 0.352 e. The van der Waals surface area contributed by atoms with Crippen LogP contribution in [0.5, 0.6) is 0 Å². The van der Waals surface area contributed by atoms with Gasteiger partial charge in [-0.25, -0.2) is 8.78 Å². The molecule has 0 aromatic rings. The fourth-order valence-electron chi connectivity index (χ4n) is 1.44. The van der Waals surface area contributed by atoms with Gasteiger partial charge < -0.3 is 4.90 Å². The van der Waals surface area contributed by atoms with E-state index in [1.54, 1.807) is 0 Å². The first-order chi connectivity index (χ1) is 5.63. The number of hydrogen-bond donors (Lipinski definition) is 1. The second-order valence-corrected chi connectivity index (χ2v) is 3.17. The molecule has 1 rings (SSSR count). The van der Waals surface area contributed by atoms with Gasteiger partial charge in [-0.1, -0.05) is 0 Å². The van der Waals surface area contributed by atoms with Crippen LogP contribution in [-0.2, 0) is 0 Å². The molecule has 0 spiro atoms. The quantitative estimate of drug-likeness (QED) is 0.685. The third-order valence-corrected chi connectivity index (χ3v) is 2.27. The monoisotopic (exact) mass is 176 g/mol. The van der Waals surface area contributed by atoms with Crippen LogP contribution in [0, 0.1) is 5.41 Å². The SMILES string of the molecule is CC(C(F)F)N1CCCCC1=N. The molecule has 0 saturated carbocycles. The molecular formula is C8H14F2N2. The molecule has 1 atom stereocenters. The molecule has 0 aromatic heterocycles. The zero-order valence-electron chi connectivity index (χ0n) is 7.19. The minimum Gasteiger partial charge on any atom is -0.352 e. The second kappa shape index (κ2) is 3.83. The summed E-state index contributed by atoms with van der Waals surface area (Å²) < 4.78 is 24.5. The average molecular weight is 176 g/mol. The Kier molecular flexibility index (Phi) is 3.00. The van der Waals surface area contributed by atoms with E-state index in [4.69, 9.17) is 5.41 Å². The lowest BCUT2D eigenvalue weighted by atomic mass is 10.1. The number of nitrogens with one attached hydrogen (secondary N) is 1. The molecule has 0 radical (unpaired) electrons. The van der Waals surface area contributed by atoms with Crippen molar-refractivity contribution >= 4 is 5.84 Å². The van der Waals surface area contributed by atoms with Crippen molar-refractivity contribution in [2.45, 2.75) is 38.7 Å². The minimum absolute atomic E-state index is 0.369. The van der Waals surface area contributed by atoms with E-state index in [0.717, 1.165) is 12.8 Å². The van der Waals surface area contributed by atoms with E-state index in [2.05, 4.69) is 0 Å². The maximum atomic E-state index is 12.2. The topological polar surface area (TPSA) is 27.1 Å². The van der Waals surface area contributed by atoms with Crippen LogP contribution in [0.4, 0.5) is 8.78 Å². The van der Waals surface area contributed by atoms with Gasteiger partial charge in [0, 0.05) is 13.0 Å².